The molecule has 7 heteroatoms. The van der Waals surface area contributed by atoms with Gasteiger partial charge in [-0.05, 0) is 18.9 Å². The van der Waals surface area contributed by atoms with Gasteiger partial charge in [-0.15, -0.1) is 0 Å². The molecule has 3 N–H and O–H groups in total. The van der Waals surface area contributed by atoms with Crippen LogP contribution in [0.3, 0.4) is 0 Å². The fraction of sp³-hybridized carbons (Fsp3) is 0.538. The molecule has 0 radical (unpaired) electrons. The van der Waals surface area contributed by atoms with Crippen LogP contribution in [0.15, 0.2) is 29.7 Å². The number of carbonyl (C=O) groups is 1. The van der Waals surface area contributed by atoms with E-state index in [1.807, 2.05) is 17.2 Å². The van der Waals surface area contributed by atoms with E-state index in [1.165, 1.54) is 0 Å². The summed E-state index contributed by atoms with van der Waals surface area (Å²) in [5, 5.41) is 3.08. The summed E-state index contributed by atoms with van der Waals surface area (Å²) in [4.78, 5) is 17.0. The Morgan fingerprint density at radius 2 is 2.50 bits per heavy atom. The lowest BCUT2D eigenvalue weighted by atomic mass is 10.2. The summed E-state index contributed by atoms with van der Waals surface area (Å²) in [5.74, 6) is 1.07. The number of amidine groups is 1. The molecule has 20 heavy (non-hydrogen) atoms. The SMILES string of the molecule is C=C1NC(=NC)C=CN1C1CCC(COC(=O)CN)O1. The fourth-order valence-electron chi connectivity index (χ4n) is 2.15. The minimum absolute atomic E-state index is 0.0991. The smallest absolute Gasteiger partial charge is 0.319 e. The van der Waals surface area contributed by atoms with Gasteiger partial charge in [-0.25, -0.2) is 0 Å². The number of ether oxygens (including phenoxy) is 2. The molecule has 0 amide bonds. The molecule has 1 saturated heterocycles. The predicted octanol–water partition coefficient (Wildman–Crippen LogP) is -0.0882. The van der Waals surface area contributed by atoms with Crippen molar-refractivity contribution in [3.63, 3.8) is 0 Å². The number of hydrogen-bond donors (Lipinski definition) is 2. The first kappa shape index (κ1) is 14.5. The summed E-state index contributed by atoms with van der Waals surface area (Å²) >= 11 is 0. The Kier molecular flexibility index (Phi) is 4.75. The number of nitrogens with zero attached hydrogens (tertiary/aromatic N) is 2. The largest absolute Gasteiger partial charge is 0.462 e. The Morgan fingerprint density at radius 3 is 3.15 bits per heavy atom. The van der Waals surface area contributed by atoms with Crippen molar-refractivity contribution < 1.29 is 14.3 Å². The normalized spacial score (nSPS) is 27.8. The maximum Gasteiger partial charge on any atom is 0.319 e. The fourth-order valence-corrected chi connectivity index (χ4v) is 2.15. The van der Waals surface area contributed by atoms with E-state index in [2.05, 4.69) is 16.9 Å². The molecule has 2 atom stereocenters. The summed E-state index contributed by atoms with van der Waals surface area (Å²) in [7, 11) is 1.71. The number of aliphatic imine (C=N–C) groups is 1. The topological polar surface area (TPSA) is 89.2 Å². The van der Waals surface area contributed by atoms with Crippen LogP contribution in [0.1, 0.15) is 12.8 Å². The van der Waals surface area contributed by atoms with E-state index in [-0.39, 0.29) is 25.5 Å². The molecule has 0 aromatic carbocycles. The van der Waals surface area contributed by atoms with Gasteiger partial charge in [0.1, 0.15) is 24.5 Å². The Labute approximate surface area is 118 Å². The first-order valence-corrected chi connectivity index (χ1v) is 6.54. The highest BCUT2D eigenvalue weighted by Gasteiger charge is 2.31. The highest BCUT2D eigenvalue weighted by atomic mass is 16.6. The Hall–Kier alpha value is -1.86. The van der Waals surface area contributed by atoms with Crippen LogP contribution >= 0.6 is 0 Å². The minimum Gasteiger partial charge on any atom is -0.462 e. The zero-order valence-corrected chi connectivity index (χ0v) is 11.5. The molecular formula is C13H20N4O3. The van der Waals surface area contributed by atoms with Crippen molar-refractivity contribution in [3.05, 3.63) is 24.7 Å². The Morgan fingerprint density at radius 1 is 1.70 bits per heavy atom. The number of rotatable bonds is 4. The van der Waals surface area contributed by atoms with Gasteiger partial charge in [-0.3, -0.25) is 9.79 Å². The Balaban J connectivity index is 1.86. The predicted molar refractivity (Wildman–Crippen MR) is 74.5 cm³/mol. The Bertz CT molecular complexity index is 447. The van der Waals surface area contributed by atoms with Gasteiger partial charge in [-0.1, -0.05) is 6.58 Å². The summed E-state index contributed by atoms with van der Waals surface area (Å²) in [6.45, 7) is 4.09. The zero-order chi connectivity index (χ0) is 14.5. The van der Waals surface area contributed by atoms with E-state index in [9.17, 15) is 4.79 Å². The summed E-state index contributed by atoms with van der Waals surface area (Å²) in [5.41, 5.74) is 5.18. The van der Waals surface area contributed by atoms with Gasteiger partial charge in [0.2, 0.25) is 0 Å². The van der Waals surface area contributed by atoms with E-state index in [0.717, 1.165) is 24.5 Å². The van der Waals surface area contributed by atoms with Crippen molar-refractivity contribution in [2.45, 2.75) is 25.2 Å². The number of nitrogens with one attached hydrogen (secondary N) is 1. The van der Waals surface area contributed by atoms with Crippen LogP contribution in [0.4, 0.5) is 0 Å². The minimum atomic E-state index is -0.412. The molecule has 0 aromatic heterocycles. The third-order valence-electron chi connectivity index (χ3n) is 3.21. The lowest BCUT2D eigenvalue weighted by Crippen LogP contribution is -2.41. The van der Waals surface area contributed by atoms with Crippen molar-refractivity contribution in [2.24, 2.45) is 10.7 Å². The average Bonchev–Trinajstić information content (AvgIpc) is 2.93. The molecule has 0 spiro atoms. The van der Waals surface area contributed by atoms with Crippen molar-refractivity contribution in [3.8, 4) is 0 Å². The van der Waals surface area contributed by atoms with Crippen LogP contribution in [0, 0.1) is 0 Å². The highest BCUT2D eigenvalue weighted by molar-refractivity contribution is 5.94. The quantitative estimate of drug-likeness (QED) is 0.700. The second-order valence-corrected chi connectivity index (χ2v) is 4.58. The molecule has 2 heterocycles. The summed E-state index contributed by atoms with van der Waals surface area (Å²) in [6, 6.07) is 0. The molecule has 110 valence electrons. The van der Waals surface area contributed by atoms with Gasteiger partial charge < -0.3 is 25.4 Å². The van der Waals surface area contributed by atoms with Gasteiger partial charge >= 0.3 is 5.97 Å². The molecule has 7 nitrogen and oxygen atoms in total. The van der Waals surface area contributed by atoms with E-state index >= 15 is 0 Å². The average molecular weight is 280 g/mol. The van der Waals surface area contributed by atoms with Crippen molar-refractivity contribution in [2.75, 3.05) is 20.2 Å². The third kappa shape index (κ3) is 3.37. The van der Waals surface area contributed by atoms with Gasteiger partial charge in [0.15, 0.2) is 0 Å². The molecule has 2 rings (SSSR count). The van der Waals surface area contributed by atoms with Gasteiger partial charge in [0, 0.05) is 13.2 Å². The first-order valence-electron chi connectivity index (χ1n) is 6.54. The van der Waals surface area contributed by atoms with Crippen molar-refractivity contribution in [1.82, 2.24) is 10.2 Å². The number of esters is 1. The zero-order valence-electron chi connectivity index (χ0n) is 11.5. The van der Waals surface area contributed by atoms with Crippen LogP contribution in [-0.2, 0) is 14.3 Å². The monoisotopic (exact) mass is 280 g/mol. The first-order chi connectivity index (χ1) is 9.63. The van der Waals surface area contributed by atoms with Crippen LogP contribution in [0.5, 0.6) is 0 Å². The summed E-state index contributed by atoms with van der Waals surface area (Å²) < 4.78 is 10.8. The van der Waals surface area contributed by atoms with E-state index in [0.29, 0.717) is 0 Å². The number of carbonyl (C=O) groups excluding carboxylic acids is 1. The standard InChI is InChI=1S/C13H20N4O3/c1-9-16-11(15-2)5-6-17(9)12-4-3-10(20-12)8-19-13(18)7-14/h5-6,10,12H,1,3-4,7-8,14H2,2H3,(H,15,16). The third-order valence-corrected chi connectivity index (χ3v) is 3.21. The molecule has 0 aromatic rings. The van der Waals surface area contributed by atoms with Crippen LogP contribution < -0.4 is 11.1 Å². The van der Waals surface area contributed by atoms with Gasteiger partial charge in [0.25, 0.3) is 0 Å². The molecule has 0 bridgehead atoms. The lowest BCUT2D eigenvalue weighted by Gasteiger charge is -2.32. The second-order valence-electron chi connectivity index (χ2n) is 4.58. The molecule has 2 unspecified atom stereocenters. The molecule has 1 fully saturated rings. The van der Waals surface area contributed by atoms with E-state index < -0.39 is 5.97 Å². The van der Waals surface area contributed by atoms with Crippen molar-refractivity contribution in [1.29, 1.82) is 0 Å². The number of nitrogens with two attached hydrogens (primary N) is 1. The van der Waals surface area contributed by atoms with Crippen LogP contribution in [0.2, 0.25) is 0 Å². The molecule has 0 aliphatic carbocycles. The van der Waals surface area contributed by atoms with Crippen LogP contribution in [0.25, 0.3) is 0 Å². The molecule has 2 aliphatic heterocycles. The van der Waals surface area contributed by atoms with Gasteiger partial charge in [0.05, 0.1) is 12.6 Å². The highest BCUT2D eigenvalue weighted by Crippen LogP contribution is 2.26. The lowest BCUT2D eigenvalue weighted by molar-refractivity contribution is -0.147. The number of hydrogen-bond acceptors (Lipinski definition) is 6. The van der Waals surface area contributed by atoms with E-state index in [1.54, 1.807) is 7.05 Å². The molecule has 2 aliphatic rings. The maximum absolute atomic E-state index is 11.0. The van der Waals surface area contributed by atoms with Crippen molar-refractivity contribution >= 4 is 11.8 Å². The maximum atomic E-state index is 11.0. The molecular weight excluding hydrogens is 260 g/mol. The summed E-state index contributed by atoms with van der Waals surface area (Å²) in [6.07, 6.45) is 5.22. The van der Waals surface area contributed by atoms with E-state index in [4.69, 9.17) is 15.2 Å². The van der Waals surface area contributed by atoms with Gasteiger partial charge in [-0.2, -0.15) is 0 Å². The van der Waals surface area contributed by atoms with Crippen LogP contribution in [-0.4, -0.2) is 49.2 Å². The molecule has 0 saturated carbocycles. The second kappa shape index (κ2) is 6.53.